The monoisotopic (exact) mass is 338 g/mol. The maximum absolute atomic E-state index is 12.6. The number of hydrogen-bond acceptors (Lipinski definition) is 3. The fraction of sp³-hybridized carbons (Fsp3) is 0.350. The molecule has 0 saturated carbocycles. The Morgan fingerprint density at radius 3 is 2.76 bits per heavy atom. The maximum Gasteiger partial charge on any atom is 0.321 e. The number of benzene rings is 2. The van der Waals surface area contributed by atoms with Gasteiger partial charge in [-0.1, -0.05) is 18.2 Å². The average molecular weight is 338 g/mol. The van der Waals surface area contributed by atoms with Crippen molar-refractivity contribution in [2.24, 2.45) is 0 Å². The van der Waals surface area contributed by atoms with Crippen molar-refractivity contribution in [3.8, 4) is 5.75 Å². The second-order valence-corrected chi connectivity index (χ2v) is 6.61. The summed E-state index contributed by atoms with van der Waals surface area (Å²) in [7, 11) is 1.67. The van der Waals surface area contributed by atoms with Gasteiger partial charge in [0.1, 0.15) is 5.75 Å². The third-order valence-electron chi connectivity index (χ3n) is 5.04. The predicted octanol–water partition coefficient (Wildman–Crippen LogP) is 3.75. The van der Waals surface area contributed by atoms with E-state index in [4.69, 9.17) is 9.47 Å². The Labute approximate surface area is 147 Å². The number of anilines is 1. The van der Waals surface area contributed by atoms with E-state index in [1.165, 1.54) is 11.1 Å². The molecule has 0 aliphatic carbocycles. The van der Waals surface area contributed by atoms with Gasteiger partial charge < -0.3 is 19.7 Å². The van der Waals surface area contributed by atoms with Crippen LogP contribution < -0.4 is 10.1 Å². The summed E-state index contributed by atoms with van der Waals surface area (Å²) in [5.41, 5.74) is 4.46. The number of carbonyl (C=O) groups is 1. The molecule has 0 bridgehead atoms. The first kappa shape index (κ1) is 16.0. The lowest BCUT2D eigenvalue weighted by Gasteiger charge is -2.18. The van der Waals surface area contributed by atoms with Gasteiger partial charge in [-0.2, -0.15) is 0 Å². The Morgan fingerprint density at radius 2 is 1.96 bits per heavy atom. The molecule has 1 fully saturated rings. The molecule has 0 radical (unpaired) electrons. The van der Waals surface area contributed by atoms with E-state index in [1.54, 1.807) is 7.11 Å². The number of likely N-dealkylation sites (tertiary alicyclic amines) is 1. The third kappa shape index (κ3) is 3.33. The topological polar surface area (TPSA) is 50.8 Å². The molecule has 2 aromatic carbocycles. The zero-order chi connectivity index (χ0) is 17.2. The minimum Gasteiger partial charge on any atom is -0.497 e. The van der Waals surface area contributed by atoms with Gasteiger partial charge in [0.15, 0.2) is 0 Å². The van der Waals surface area contributed by atoms with E-state index in [2.05, 4.69) is 17.4 Å². The second kappa shape index (κ2) is 6.76. The highest BCUT2D eigenvalue weighted by atomic mass is 16.5. The van der Waals surface area contributed by atoms with E-state index in [9.17, 15) is 4.79 Å². The second-order valence-electron chi connectivity index (χ2n) is 6.61. The molecule has 0 unspecified atom stereocenters. The van der Waals surface area contributed by atoms with Crippen molar-refractivity contribution in [3.63, 3.8) is 0 Å². The van der Waals surface area contributed by atoms with Crippen molar-refractivity contribution < 1.29 is 14.3 Å². The molecule has 1 N–H and O–H groups in total. The normalized spacial score (nSPS) is 18.9. The van der Waals surface area contributed by atoms with Gasteiger partial charge >= 0.3 is 6.03 Å². The maximum atomic E-state index is 12.6. The summed E-state index contributed by atoms with van der Waals surface area (Å²) in [6.07, 6.45) is 0.984. The number of methoxy groups -OCH3 is 1. The van der Waals surface area contributed by atoms with E-state index in [-0.39, 0.29) is 6.03 Å². The lowest BCUT2D eigenvalue weighted by molar-refractivity contribution is 0.134. The first-order chi connectivity index (χ1) is 12.2. The van der Waals surface area contributed by atoms with E-state index >= 15 is 0 Å². The molecule has 130 valence electrons. The van der Waals surface area contributed by atoms with Gasteiger partial charge in [0.2, 0.25) is 0 Å². The number of carbonyl (C=O) groups excluding carboxylic acids is 1. The first-order valence-electron chi connectivity index (χ1n) is 8.62. The number of urea groups is 1. The average Bonchev–Trinajstić information content (AvgIpc) is 3.31. The largest absolute Gasteiger partial charge is 0.497 e. The van der Waals surface area contributed by atoms with Crippen molar-refractivity contribution in [1.29, 1.82) is 0 Å². The lowest BCUT2D eigenvalue weighted by atomic mass is 9.98. The number of ether oxygens (including phenoxy) is 2. The summed E-state index contributed by atoms with van der Waals surface area (Å²) < 4.78 is 10.6. The SMILES string of the molecule is COc1ccc([C@H]2CCN(C(=O)Nc3ccc4c(c3)COC4)C2)cc1. The minimum absolute atomic E-state index is 0.0325. The quantitative estimate of drug-likeness (QED) is 0.927. The van der Waals surface area contributed by atoms with Crippen LogP contribution in [0.1, 0.15) is 29.0 Å². The number of nitrogens with one attached hydrogen (secondary N) is 1. The van der Waals surface area contributed by atoms with Gasteiger partial charge in [-0.3, -0.25) is 0 Å². The fourth-order valence-corrected chi connectivity index (χ4v) is 3.55. The standard InChI is InChI=1S/C20H22N2O3/c1-24-19-6-3-14(4-7-19)15-8-9-22(11-15)20(23)21-18-5-2-16-12-25-13-17(16)10-18/h2-7,10,15H,8-9,11-13H2,1H3,(H,21,23)/t15-/m0/s1. The molecular formula is C20H22N2O3. The molecular weight excluding hydrogens is 316 g/mol. The molecule has 2 heterocycles. The molecule has 1 saturated heterocycles. The molecule has 2 aromatic rings. The molecule has 2 aliphatic rings. The lowest BCUT2D eigenvalue weighted by Crippen LogP contribution is -2.32. The molecule has 4 rings (SSSR count). The predicted molar refractivity (Wildman–Crippen MR) is 95.9 cm³/mol. The van der Waals surface area contributed by atoms with Gasteiger partial charge in [0, 0.05) is 24.7 Å². The van der Waals surface area contributed by atoms with E-state index in [0.717, 1.165) is 36.5 Å². The van der Waals surface area contributed by atoms with Crippen LogP contribution in [0, 0.1) is 0 Å². The van der Waals surface area contributed by atoms with Crippen molar-refractivity contribution in [3.05, 3.63) is 59.2 Å². The Morgan fingerprint density at radius 1 is 1.16 bits per heavy atom. The zero-order valence-corrected chi connectivity index (χ0v) is 14.3. The van der Waals surface area contributed by atoms with E-state index in [1.807, 2.05) is 35.2 Å². The summed E-state index contributed by atoms with van der Waals surface area (Å²) in [5.74, 6) is 1.24. The molecule has 1 atom stereocenters. The Balaban J connectivity index is 1.38. The highest BCUT2D eigenvalue weighted by Crippen LogP contribution is 2.29. The van der Waals surface area contributed by atoms with Crippen LogP contribution in [-0.4, -0.2) is 31.1 Å². The van der Waals surface area contributed by atoms with Gasteiger partial charge in [0.25, 0.3) is 0 Å². The Kier molecular flexibility index (Phi) is 4.32. The van der Waals surface area contributed by atoms with Crippen LogP contribution in [0.15, 0.2) is 42.5 Å². The molecule has 0 aromatic heterocycles. The van der Waals surface area contributed by atoms with Crippen LogP contribution in [0.3, 0.4) is 0 Å². The number of nitrogens with zero attached hydrogens (tertiary/aromatic N) is 1. The number of fused-ring (bicyclic) bond motifs is 1. The van der Waals surface area contributed by atoms with Crippen LogP contribution in [0.2, 0.25) is 0 Å². The number of rotatable bonds is 3. The highest BCUT2D eigenvalue weighted by molar-refractivity contribution is 5.89. The highest BCUT2D eigenvalue weighted by Gasteiger charge is 2.27. The number of hydrogen-bond donors (Lipinski definition) is 1. The summed E-state index contributed by atoms with van der Waals surface area (Å²) in [5, 5.41) is 3.02. The van der Waals surface area contributed by atoms with E-state index in [0.29, 0.717) is 19.1 Å². The zero-order valence-electron chi connectivity index (χ0n) is 14.3. The summed E-state index contributed by atoms with van der Waals surface area (Å²) >= 11 is 0. The summed E-state index contributed by atoms with van der Waals surface area (Å²) in [4.78, 5) is 14.4. The molecule has 5 heteroatoms. The van der Waals surface area contributed by atoms with E-state index < -0.39 is 0 Å². The Bertz CT molecular complexity index is 773. The van der Waals surface area contributed by atoms with Crippen LogP contribution in [0.5, 0.6) is 5.75 Å². The molecule has 25 heavy (non-hydrogen) atoms. The van der Waals surface area contributed by atoms with Crippen molar-refractivity contribution >= 4 is 11.7 Å². The van der Waals surface area contributed by atoms with Gasteiger partial charge in [0.05, 0.1) is 20.3 Å². The van der Waals surface area contributed by atoms with Gasteiger partial charge in [-0.05, 0) is 47.4 Å². The summed E-state index contributed by atoms with van der Waals surface area (Å²) in [6.45, 7) is 2.81. The molecule has 0 spiro atoms. The van der Waals surface area contributed by atoms with Crippen molar-refractivity contribution in [2.45, 2.75) is 25.6 Å². The fourth-order valence-electron chi connectivity index (χ4n) is 3.55. The molecule has 2 aliphatic heterocycles. The smallest absolute Gasteiger partial charge is 0.321 e. The molecule has 5 nitrogen and oxygen atoms in total. The third-order valence-corrected chi connectivity index (χ3v) is 5.04. The number of amides is 2. The van der Waals surface area contributed by atoms with Crippen LogP contribution >= 0.6 is 0 Å². The van der Waals surface area contributed by atoms with Crippen LogP contribution in [0.25, 0.3) is 0 Å². The van der Waals surface area contributed by atoms with Crippen molar-refractivity contribution in [2.75, 3.05) is 25.5 Å². The van der Waals surface area contributed by atoms with Crippen molar-refractivity contribution in [1.82, 2.24) is 4.90 Å². The van der Waals surface area contributed by atoms with Gasteiger partial charge in [-0.15, -0.1) is 0 Å². The first-order valence-corrected chi connectivity index (χ1v) is 8.62. The van der Waals surface area contributed by atoms with Gasteiger partial charge in [-0.25, -0.2) is 4.79 Å². The van der Waals surface area contributed by atoms with Crippen LogP contribution in [-0.2, 0) is 18.0 Å². The summed E-state index contributed by atoms with van der Waals surface area (Å²) in [6, 6.07) is 14.1. The van der Waals surface area contributed by atoms with Crippen LogP contribution in [0.4, 0.5) is 10.5 Å². The molecule has 2 amide bonds. The minimum atomic E-state index is -0.0325. The Hall–Kier alpha value is -2.53.